The summed E-state index contributed by atoms with van der Waals surface area (Å²) in [6.07, 6.45) is 1.38. The Hall–Kier alpha value is -1.35. The number of hydrogen-bond acceptors (Lipinski definition) is 2. The zero-order chi connectivity index (χ0) is 15.0. The van der Waals surface area contributed by atoms with Gasteiger partial charge in [0.2, 0.25) is 5.91 Å². The fraction of sp³-hybridized carbons (Fsp3) is 0.588. The standard InChI is InChI=1S/C17H27NO2/c1-14(2)13-18(10-11-20-4)17(19)9-8-16-7-5-6-15(3)12-16/h5-7,12,14H,8-11,13H2,1-4H3. The van der Waals surface area contributed by atoms with E-state index in [0.29, 0.717) is 25.5 Å². The third-order valence-corrected chi connectivity index (χ3v) is 3.21. The van der Waals surface area contributed by atoms with Crippen molar-refractivity contribution in [3.8, 4) is 0 Å². The molecule has 0 aromatic heterocycles. The van der Waals surface area contributed by atoms with Gasteiger partial charge in [-0.2, -0.15) is 0 Å². The van der Waals surface area contributed by atoms with Gasteiger partial charge in [-0.1, -0.05) is 43.7 Å². The molecule has 20 heavy (non-hydrogen) atoms. The van der Waals surface area contributed by atoms with Crippen molar-refractivity contribution in [2.75, 3.05) is 26.8 Å². The van der Waals surface area contributed by atoms with E-state index in [1.54, 1.807) is 7.11 Å². The van der Waals surface area contributed by atoms with Gasteiger partial charge in [0.1, 0.15) is 0 Å². The van der Waals surface area contributed by atoms with Gasteiger partial charge in [0.25, 0.3) is 0 Å². The number of amides is 1. The van der Waals surface area contributed by atoms with Crippen LogP contribution in [0.25, 0.3) is 0 Å². The van der Waals surface area contributed by atoms with Gasteiger partial charge in [0, 0.05) is 26.6 Å². The van der Waals surface area contributed by atoms with Crippen LogP contribution in [0, 0.1) is 12.8 Å². The highest BCUT2D eigenvalue weighted by Gasteiger charge is 2.14. The Kier molecular flexibility index (Phi) is 7.31. The first-order chi connectivity index (χ1) is 9.52. The maximum absolute atomic E-state index is 12.3. The first-order valence-corrected chi connectivity index (χ1v) is 7.35. The predicted molar refractivity (Wildman–Crippen MR) is 82.8 cm³/mol. The number of hydrogen-bond donors (Lipinski definition) is 0. The van der Waals surface area contributed by atoms with Gasteiger partial charge in [-0.3, -0.25) is 4.79 Å². The summed E-state index contributed by atoms with van der Waals surface area (Å²) in [6.45, 7) is 8.43. The number of carbonyl (C=O) groups is 1. The third-order valence-electron chi connectivity index (χ3n) is 3.21. The molecular formula is C17H27NO2. The predicted octanol–water partition coefficient (Wildman–Crippen LogP) is 3.06. The second-order valence-corrected chi connectivity index (χ2v) is 5.72. The van der Waals surface area contributed by atoms with E-state index in [9.17, 15) is 4.79 Å². The van der Waals surface area contributed by atoms with Crippen molar-refractivity contribution in [1.29, 1.82) is 0 Å². The Morgan fingerprint density at radius 3 is 2.70 bits per heavy atom. The lowest BCUT2D eigenvalue weighted by Gasteiger charge is -2.24. The van der Waals surface area contributed by atoms with Crippen molar-refractivity contribution >= 4 is 5.91 Å². The van der Waals surface area contributed by atoms with E-state index < -0.39 is 0 Å². The highest BCUT2D eigenvalue weighted by atomic mass is 16.5. The number of ether oxygens (including phenoxy) is 1. The number of aryl methyl sites for hydroxylation is 2. The summed E-state index contributed by atoms with van der Waals surface area (Å²) in [5.41, 5.74) is 2.47. The molecule has 1 rings (SSSR count). The van der Waals surface area contributed by atoms with E-state index >= 15 is 0 Å². The van der Waals surface area contributed by atoms with E-state index in [1.165, 1.54) is 11.1 Å². The van der Waals surface area contributed by atoms with Crippen molar-refractivity contribution in [1.82, 2.24) is 4.90 Å². The molecule has 0 heterocycles. The van der Waals surface area contributed by atoms with Crippen LogP contribution in [0.15, 0.2) is 24.3 Å². The number of benzene rings is 1. The molecule has 0 bridgehead atoms. The van der Waals surface area contributed by atoms with Crippen LogP contribution >= 0.6 is 0 Å². The molecule has 0 fully saturated rings. The molecule has 0 aliphatic rings. The van der Waals surface area contributed by atoms with Crippen molar-refractivity contribution in [2.24, 2.45) is 5.92 Å². The summed E-state index contributed by atoms with van der Waals surface area (Å²) >= 11 is 0. The van der Waals surface area contributed by atoms with Gasteiger partial charge < -0.3 is 9.64 Å². The minimum atomic E-state index is 0.220. The molecule has 0 saturated carbocycles. The molecule has 112 valence electrons. The molecule has 1 aromatic rings. The summed E-state index contributed by atoms with van der Waals surface area (Å²) < 4.78 is 5.09. The number of carbonyl (C=O) groups excluding carboxylic acids is 1. The van der Waals surface area contributed by atoms with E-state index in [1.807, 2.05) is 11.0 Å². The Labute approximate surface area is 122 Å². The lowest BCUT2D eigenvalue weighted by atomic mass is 10.1. The topological polar surface area (TPSA) is 29.5 Å². The highest BCUT2D eigenvalue weighted by Crippen LogP contribution is 2.09. The number of rotatable bonds is 8. The molecule has 1 amide bonds. The van der Waals surface area contributed by atoms with E-state index in [0.717, 1.165) is 13.0 Å². The molecule has 3 nitrogen and oxygen atoms in total. The van der Waals surface area contributed by atoms with Crippen LogP contribution in [0.3, 0.4) is 0 Å². The average Bonchev–Trinajstić information content (AvgIpc) is 2.40. The van der Waals surface area contributed by atoms with Crippen LogP contribution in [0.5, 0.6) is 0 Å². The first kappa shape index (κ1) is 16.7. The lowest BCUT2D eigenvalue weighted by molar-refractivity contribution is -0.132. The maximum Gasteiger partial charge on any atom is 0.222 e. The van der Waals surface area contributed by atoms with E-state index in [4.69, 9.17) is 4.74 Å². The van der Waals surface area contributed by atoms with Crippen LogP contribution in [0.2, 0.25) is 0 Å². The van der Waals surface area contributed by atoms with E-state index in [-0.39, 0.29) is 5.91 Å². The number of methoxy groups -OCH3 is 1. The minimum absolute atomic E-state index is 0.220. The second-order valence-electron chi connectivity index (χ2n) is 5.72. The Bertz CT molecular complexity index is 415. The number of nitrogens with zero attached hydrogens (tertiary/aromatic N) is 1. The Morgan fingerprint density at radius 1 is 1.35 bits per heavy atom. The molecule has 3 heteroatoms. The lowest BCUT2D eigenvalue weighted by Crippen LogP contribution is -2.36. The first-order valence-electron chi connectivity index (χ1n) is 7.35. The van der Waals surface area contributed by atoms with Crippen LogP contribution < -0.4 is 0 Å². The fourth-order valence-corrected chi connectivity index (χ4v) is 2.24. The van der Waals surface area contributed by atoms with Gasteiger partial charge in [0.15, 0.2) is 0 Å². The quantitative estimate of drug-likeness (QED) is 0.731. The van der Waals surface area contributed by atoms with E-state index in [2.05, 4.69) is 39.0 Å². The summed E-state index contributed by atoms with van der Waals surface area (Å²) in [5, 5.41) is 0. The maximum atomic E-state index is 12.3. The molecule has 0 aliphatic heterocycles. The summed E-state index contributed by atoms with van der Waals surface area (Å²) in [6, 6.07) is 8.36. The van der Waals surface area contributed by atoms with Gasteiger partial charge in [-0.05, 0) is 24.8 Å². The smallest absolute Gasteiger partial charge is 0.222 e. The summed E-state index contributed by atoms with van der Waals surface area (Å²) in [5.74, 6) is 0.701. The molecule has 0 atom stereocenters. The van der Waals surface area contributed by atoms with Crippen molar-refractivity contribution < 1.29 is 9.53 Å². The molecular weight excluding hydrogens is 250 g/mol. The van der Waals surface area contributed by atoms with Crippen LogP contribution in [0.4, 0.5) is 0 Å². The van der Waals surface area contributed by atoms with Crippen LogP contribution in [0.1, 0.15) is 31.4 Å². The third kappa shape index (κ3) is 6.20. The summed E-state index contributed by atoms with van der Waals surface area (Å²) in [7, 11) is 1.67. The molecule has 0 unspecified atom stereocenters. The normalized spacial score (nSPS) is 10.8. The molecule has 0 radical (unpaired) electrons. The molecule has 0 saturated heterocycles. The fourth-order valence-electron chi connectivity index (χ4n) is 2.24. The molecule has 0 spiro atoms. The average molecular weight is 277 g/mol. The monoisotopic (exact) mass is 277 g/mol. The highest BCUT2D eigenvalue weighted by molar-refractivity contribution is 5.76. The largest absolute Gasteiger partial charge is 0.383 e. The van der Waals surface area contributed by atoms with Crippen LogP contribution in [-0.2, 0) is 16.0 Å². The Balaban J connectivity index is 2.52. The Morgan fingerprint density at radius 2 is 2.10 bits per heavy atom. The van der Waals surface area contributed by atoms with Crippen molar-refractivity contribution in [3.63, 3.8) is 0 Å². The van der Waals surface area contributed by atoms with Crippen molar-refractivity contribution in [3.05, 3.63) is 35.4 Å². The van der Waals surface area contributed by atoms with Crippen LogP contribution in [-0.4, -0.2) is 37.6 Å². The second kappa shape index (κ2) is 8.75. The van der Waals surface area contributed by atoms with Gasteiger partial charge in [0.05, 0.1) is 6.61 Å². The zero-order valence-electron chi connectivity index (χ0n) is 13.2. The SMILES string of the molecule is COCCN(CC(C)C)C(=O)CCc1cccc(C)c1. The molecule has 1 aromatic carbocycles. The zero-order valence-corrected chi connectivity index (χ0v) is 13.2. The van der Waals surface area contributed by atoms with Crippen molar-refractivity contribution in [2.45, 2.75) is 33.6 Å². The minimum Gasteiger partial charge on any atom is -0.383 e. The van der Waals surface area contributed by atoms with Gasteiger partial charge >= 0.3 is 0 Å². The molecule has 0 aliphatic carbocycles. The summed E-state index contributed by atoms with van der Waals surface area (Å²) in [4.78, 5) is 14.2. The van der Waals surface area contributed by atoms with Gasteiger partial charge in [-0.25, -0.2) is 0 Å². The van der Waals surface area contributed by atoms with Gasteiger partial charge in [-0.15, -0.1) is 0 Å². The molecule has 0 N–H and O–H groups in total.